The normalized spacial score (nSPS) is 11.0. The zero-order chi connectivity index (χ0) is 22.5. The van der Waals surface area contributed by atoms with Crippen LogP contribution in [0.4, 0.5) is 0 Å². The fourth-order valence-corrected chi connectivity index (χ4v) is 4.07. The predicted octanol–water partition coefficient (Wildman–Crippen LogP) is 6.20. The third-order valence-corrected chi connectivity index (χ3v) is 5.73. The molecule has 0 saturated heterocycles. The third-order valence-electron chi connectivity index (χ3n) is 5.73. The van der Waals surface area contributed by atoms with E-state index in [1.165, 1.54) is 11.1 Å². The standard InChI is InChI=1S/C27H30N2O3/c1-19-10-9-11-20(2)26(19)32-17-8-7-16-29-23-13-6-5-12-22(23)28-27(29)21-14-15-24(30-3)25(18-21)31-4/h5-6,9-15,18H,7-8,16-17H2,1-4H3. The number of rotatable bonds is 9. The Balaban J connectivity index is 1.52. The molecule has 0 radical (unpaired) electrons. The summed E-state index contributed by atoms with van der Waals surface area (Å²) >= 11 is 0. The van der Waals surface area contributed by atoms with Crippen molar-refractivity contribution in [3.05, 3.63) is 71.8 Å². The molecule has 0 fully saturated rings. The first-order chi connectivity index (χ1) is 15.6. The van der Waals surface area contributed by atoms with Crippen LogP contribution >= 0.6 is 0 Å². The Morgan fingerprint density at radius 2 is 1.56 bits per heavy atom. The Bertz CT molecular complexity index is 1190. The zero-order valence-corrected chi connectivity index (χ0v) is 19.2. The van der Waals surface area contributed by atoms with Crippen LogP contribution < -0.4 is 14.2 Å². The van der Waals surface area contributed by atoms with Gasteiger partial charge in [-0.25, -0.2) is 4.98 Å². The molecule has 0 unspecified atom stereocenters. The second-order valence-corrected chi connectivity index (χ2v) is 7.92. The maximum Gasteiger partial charge on any atom is 0.161 e. The van der Waals surface area contributed by atoms with Gasteiger partial charge in [-0.3, -0.25) is 0 Å². The molecule has 5 heteroatoms. The molecule has 1 heterocycles. The van der Waals surface area contributed by atoms with Crippen LogP contribution in [-0.4, -0.2) is 30.4 Å². The molecule has 166 valence electrons. The summed E-state index contributed by atoms with van der Waals surface area (Å²) in [7, 11) is 3.30. The van der Waals surface area contributed by atoms with Gasteiger partial charge in [0.25, 0.3) is 0 Å². The summed E-state index contributed by atoms with van der Waals surface area (Å²) in [6, 6.07) is 20.5. The van der Waals surface area contributed by atoms with E-state index in [0.29, 0.717) is 18.1 Å². The van der Waals surface area contributed by atoms with Gasteiger partial charge in [0, 0.05) is 12.1 Å². The number of methoxy groups -OCH3 is 2. The first-order valence-electron chi connectivity index (χ1n) is 11.0. The van der Waals surface area contributed by atoms with Gasteiger partial charge in [0.15, 0.2) is 11.5 Å². The van der Waals surface area contributed by atoms with Crippen molar-refractivity contribution < 1.29 is 14.2 Å². The van der Waals surface area contributed by atoms with E-state index >= 15 is 0 Å². The van der Waals surface area contributed by atoms with Crippen LogP contribution in [0.25, 0.3) is 22.4 Å². The second-order valence-electron chi connectivity index (χ2n) is 7.92. The van der Waals surface area contributed by atoms with Crippen LogP contribution in [-0.2, 0) is 6.54 Å². The van der Waals surface area contributed by atoms with Gasteiger partial charge < -0.3 is 18.8 Å². The van der Waals surface area contributed by atoms with Crippen molar-refractivity contribution in [2.75, 3.05) is 20.8 Å². The third kappa shape index (κ3) is 4.42. The fourth-order valence-electron chi connectivity index (χ4n) is 4.07. The Kier molecular flexibility index (Phi) is 6.64. The lowest BCUT2D eigenvalue weighted by atomic mass is 10.1. The maximum atomic E-state index is 6.09. The number of para-hydroxylation sites is 3. The molecule has 3 aromatic carbocycles. The quantitative estimate of drug-likeness (QED) is 0.297. The average Bonchev–Trinajstić information content (AvgIpc) is 3.18. The number of imidazole rings is 1. The summed E-state index contributed by atoms with van der Waals surface area (Å²) in [5, 5.41) is 0. The topological polar surface area (TPSA) is 45.5 Å². The van der Waals surface area contributed by atoms with Crippen molar-refractivity contribution in [2.45, 2.75) is 33.2 Å². The monoisotopic (exact) mass is 430 g/mol. The molecule has 0 saturated carbocycles. The molecule has 0 amide bonds. The molecule has 5 nitrogen and oxygen atoms in total. The lowest BCUT2D eigenvalue weighted by molar-refractivity contribution is 0.300. The van der Waals surface area contributed by atoms with Gasteiger partial charge in [-0.15, -0.1) is 0 Å². The lowest BCUT2D eigenvalue weighted by Crippen LogP contribution is -2.05. The predicted molar refractivity (Wildman–Crippen MR) is 129 cm³/mol. The van der Waals surface area contributed by atoms with Crippen molar-refractivity contribution in [2.24, 2.45) is 0 Å². The number of benzene rings is 3. The van der Waals surface area contributed by atoms with Gasteiger partial charge >= 0.3 is 0 Å². The van der Waals surface area contributed by atoms with Crippen LogP contribution in [0.15, 0.2) is 60.7 Å². The number of aromatic nitrogens is 2. The molecular formula is C27H30N2O3. The van der Waals surface area contributed by atoms with Crippen molar-refractivity contribution in [1.29, 1.82) is 0 Å². The van der Waals surface area contributed by atoms with Gasteiger partial charge in [-0.2, -0.15) is 0 Å². The first-order valence-corrected chi connectivity index (χ1v) is 11.0. The minimum atomic E-state index is 0.698. The highest BCUT2D eigenvalue weighted by Gasteiger charge is 2.15. The molecule has 0 aliphatic carbocycles. The van der Waals surface area contributed by atoms with E-state index in [1.54, 1.807) is 14.2 Å². The number of aryl methyl sites for hydroxylation is 3. The summed E-state index contributed by atoms with van der Waals surface area (Å²) in [5.74, 6) is 3.35. The summed E-state index contributed by atoms with van der Waals surface area (Å²) in [4.78, 5) is 4.92. The smallest absolute Gasteiger partial charge is 0.161 e. The van der Waals surface area contributed by atoms with Crippen molar-refractivity contribution >= 4 is 11.0 Å². The Hall–Kier alpha value is -3.47. The summed E-state index contributed by atoms with van der Waals surface area (Å²) in [6.07, 6.45) is 1.96. The van der Waals surface area contributed by atoms with E-state index < -0.39 is 0 Å². The van der Waals surface area contributed by atoms with Crippen LogP contribution in [0, 0.1) is 13.8 Å². The molecule has 1 aromatic heterocycles. The van der Waals surface area contributed by atoms with Gasteiger partial charge in [0.2, 0.25) is 0 Å². The summed E-state index contributed by atoms with van der Waals surface area (Å²) in [5.41, 5.74) is 5.49. The van der Waals surface area contributed by atoms with E-state index in [0.717, 1.165) is 47.6 Å². The molecule has 0 atom stereocenters. The SMILES string of the molecule is COc1ccc(-c2nc3ccccc3n2CCCCOc2c(C)cccc2C)cc1OC. The molecule has 4 aromatic rings. The Labute approximate surface area is 189 Å². The highest BCUT2D eigenvalue weighted by molar-refractivity contribution is 5.81. The molecule has 4 rings (SSSR count). The molecular weight excluding hydrogens is 400 g/mol. The van der Waals surface area contributed by atoms with E-state index in [-0.39, 0.29) is 0 Å². The van der Waals surface area contributed by atoms with Crippen LogP contribution in [0.2, 0.25) is 0 Å². The number of nitrogens with zero attached hydrogens (tertiary/aromatic N) is 2. The van der Waals surface area contributed by atoms with E-state index in [4.69, 9.17) is 19.2 Å². The average molecular weight is 431 g/mol. The number of hydrogen-bond acceptors (Lipinski definition) is 4. The molecule has 0 aliphatic heterocycles. The molecule has 32 heavy (non-hydrogen) atoms. The van der Waals surface area contributed by atoms with E-state index in [2.05, 4.69) is 54.8 Å². The van der Waals surface area contributed by atoms with Crippen LogP contribution in [0.3, 0.4) is 0 Å². The first kappa shape index (κ1) is 21.8. The van der Waals surface area contributed by atoms with Crippen molar-refractivity contribution in [3.63, 3.8) is 0 Å². The maximum absolute atomic E-state index is 6.09. The van der Waals surface area contributed by atoms with Gasteiger partial charge in [0.05, 0.1) is 31.9 Å². The zero-order valence-electron chi connectivity index (χ0n) is 19.2. The highest BCUT2D eigenvalue weighted by atomic mass is 16.5. The lowest BCUT2D eigenvalue weighted by Gasteiger charge is -2.13. The van der Waals surface area contributed by atoms with Gasteiger partial charge in [-0.1, -0.05) is 30.3 Å². The molecule has 0 aliphatic rings. The summed E-state index contributed by atoms with van der Waals surface area (Å²) in [6.45, 7) is 5.75. The number of fused-ring (bicyclic) bond motifs is 1. The number of hydrogen-bond donors (Lipinski definition) is 0. The van der Waals surface area contributed by atoms with Crippen molar-refractivity contribution in [1.82, 2.24) is 9.55 Å². The van der Waals surface area contributed by atoms with Gasteiger partial charge in [-0.05, 0) is 68.1 Å². The Morgan fingerprint density at radius 1 is 0.812 bits per heavy atom. The number of unbranched alkanes of at least 4 members (excludes halogenated alkanes) is 1. The second kappa shape index (κ2) is 9.77. The highest BCUT2D eigenvalue weighted by Crippen LogP contribution is 2.33. The molecule has 0 spiro atoms. The molecule has 0 bridgehead atoms. The number of ether oxygens (including phenoxy) is 3. The van der Waals surface area contributed by atoms with E-state index in [9.17, 15) is 0 Å². The van der Waals surface area contributed by atoms with Crippen molar-refractivity contribution in [3.8, 4) is 28.6 Å². The minimum absolute atomic E-state index is 0.698. The fraction of sp³-hybridized carbons (Fsp3) is 0.296. The minimum Gasteiger partial charge on any atom is -0.493 e. The molecule has 0 N–H and O–H groups in total. The van der Waals surface area contributed by atoms with Gasteiger partial charge in [0.1, 0.15) is 11.6 Å². The Morgan fingerprint density at radius 3 is 2.31 bits per heavy atom. The largest absolute Gasteiger partial charge is 0.493 e. The van der Waals surface area contributed by atoms with E-state index in [1.807, 2.05) is 24.3 Å². The van der Waals surface area contributed by atoms with Crippen LogP contribution in [0.1, 0.15) is 24.0 Å². The summed E-state index contributed by atoms with van der Waals surface area (Å²) < 4.78 is 19.3. The van der Waals surface area contributed by atoms with Crippen LogP contribution in [0.5, 0.6) is 17.2 Å².